The van der Waals surface area contributed by atoms with Crippen LogP contribution in [0.5, 0.6) is 0 Å². The second-order valence-electron chi connectivity index (χ2n) is 12.0. The SMILES string of the molecule is O=C(NCCCOCCOCCOCCOCCOCCOCCOCCOCCOC(=O)c1ccccc1)OCC1c2ccccc2-c2ccccc21. The number of ether oxygens (including phenoxy) is 10. The summed E-state index contributed by atoms with van der Waals surface area (Å²) in [6, 6.07) is 25.4. The van der Waals surface area contributed by atoms with Crippen LogP contribution in [-0.2, 0) is 47.4 Å². The fourth-order valence-electron chi connectivity index (χ4n) is 5.51. The van der Waals surface area contributed by atoms with Gasteiger partial charge in [0.2, 0.25) is 0 Å². The van der Waals surface area contributed by atoms with E-state index < -0.39 is 6.09 Å². The lowest BCUT2D eigenvalue weighted by Gasteiger charge is -2.14. The van der Waals surface area contributed by atoms with Crippen molar-refractivity contribution < 1.29 is 57.0 Å². The van der Waals surface area contributed by atoms with Crippen LogP contribution in [-0.4, -0.2) is 138 Å². The zero-order valence-corrected chi connectivity index (χ0v) is 31.1. The van der Waals surface area contributed by atoms with Gasteiger partial charge in [0.25, 0.3) is 0 Å². The lowest BCUT2D eigenvalue weighted by Crippen LogP contribution is -2.27. The van der Waals surface area contributed by atoms with Gasteiger partial charge in [-0.25, -0.2) is 9.59 Å². The number of nitrogens with one attached hydrogen (secondary N) is 1. The minimum Gasteiger partial charge on any atom is -0.460 e. The van der Waals surface area contributed by atoms with E-state index in [2.05, 4.69) is 29.6 Å². The molecule has 1 aliphatic carbocycles. The van der Waals surface area contributed by atoms with Crippen molar-refractivity contribution >= 4 is 12.1 Å². The van der Waals surface area contributed by atoms with E-state index in [4.69, 9.17) is 47.4 Å². The lowest BCUT2D eigenvalue weighted by atomic mass is 9.98. The molecule has 54 heavy (non-hydrogen) atoms. The number of fused-ring (bicyclic) bond motifs is 3. The molecule has 0 atom stereocenters. The van der Waals surface area contributed by atoms with Crippen molar-refractivity contribution in [3.05, 3.63) is 95.6 Å². The fraction of sp³-hybridized carbons (Fsp3) is 0.512. The Morgan fingerprint density at radius 2 is 0.833 bits per heavy atom. The predicted molar refractivity (Wildman–Crippen MR) is 201 cm³/mol. The third-order valence-electron chi connectivity index (χ3n) is 8.15. The van der Waals surface area contributed by atoms with Gasteiger partial charge >= 0.3 is 12.1 Å². The van der Waals surface area contributed by atoms with Gasteiger partial charge in [0, 0.05) is 19.1 Å². The number of hydrogen-bond donors (Lipinski definition) is 1. The van der Waals surface area contributed by atoms with E-state index in [9.17, 15) is 9.59 Å². The molecule has 0 fully saturated rings. The number of carbonyl (C=O) groups is 2. The van der Waals surface area contributed by atoms with E-state index in [1.807, 2.05) is 30.3 Å². The van der Waals surface area contributed by atoms with E-state index in [0.29, 0.717) is 131 Å². The molecule has 3 aromatic carbocycles. The average molecular weight is 754 g/mol. The van der Waals surface area contributed by atoms with Crippen LogP contribution in [0.15, 0.2) is 78.9 Å². The quantitative estimate of drug-likeness (QED) is 0.0707. The predicted octanol–water partition coefficient (Wildman–Crippen LogP) is 4.91. The summed E-state index contributed by atoms with van der Waals surface area (Å²) >= 11 is 0. The van der Waals surface area contributed by atoms with Gasteiger partial charge in [-0.15, -0.1) is 0 Å². The molecule has 296 valence electrons. The minimum atomic E-state index is -0.419. The highest BCUT2D eigenvalue weighted by Crippen LogP contribution is 2.44. The van der Waals surface area contributed by atoms with Crippen LogP contribution < -0.4 is 5.32 Å². The first kappa shape index (κ1) is 42.8. The minimum absolute atomic E-state index is 0.0465. The van der Waals surface area contributed by atoms with Crippen molar-refractivity contribution in [1.29, 1.82) is 0 Å². The van der Waals surface area contributed by atoms with E-state index in [0.717, 1.165) is 0 Å². The molecule has 1 aliphatic rings. The van der Waals surface area contributed by atoms with Crippen LogP contribution in [0, 0.1) is 0 Å². The first-order valence-electron chi connectivity index (χ1n) is 18.7. The van der Waals surface area contributed by atoms with Crippen LogP contribution in [0.4, 0.5) is 4.79 Å². The Labute approximate surface area is 318 Å². The summed E-state index contributed by atoms with van der Waals surface area (Å²) in [5.41, 5.74) is 5.32. The zero-order chi connectivity index (χ0) is 37.7. The number of alkyl carbamates (subject to hydrolysis) is 1. The van der Waals surface area contributed by atoms with Gasteiger partial charge in [-0.2, -0.15) is 0 Å². The summed E-state index contributed by atoms with van der Waals surface area (Å²) in [6.07, 6.45) is 0.262. The summed E-state index contributed by atoms with van der Waals surface area (Å²) in [4.78, 5) is 24.1. The largest absolute Gasteiger partial charge is 0.460 e. The number of esters is 1. The molecule has 0 aromatic heterocycles. The van der Waals surface area contributed by atoms with E-state index >= 15 is 0 Å². The van der Waals surface area contributed by atoms with Gasteiger partial charge in [-0.1, -0.05) is 66.7 Å². The Morgan fingerprint density at radius 1 is 0.444 bits per heavy atom. The van der Waals surface area contributed by atoms with E-state index in [-0.39, 0.29) is 18.5 Å². The smallest absolute Gasteiger partial charge is 0.407 e. The number of rotatable bonds is 31. The van der Waals surface area contributed by atoms with Gasteiger partial charge < -0.3 is 52.7 Å². The van der Waals surface area contributed by atoms with Gasteiger partial charge in [-0.3, -0.25) is 0 Å². The normalized spacial score (nSPS) is 12.0. The Balaban J connectivity index is 0.801. The molecule has 1 amide bonds. The van der Waals surface area contributed by atoms with Gasteiger partial charge in [0.05, 0.1) is 105 Å². The highest BCUT2D eigenvalue weighted by molar-refractivity contribution is 5.89. The molecular formula is C41H55NO12. The molecule has 0 unspecified atom stereocenters. The maximum Gasteiger partial charge on any atom is 0.407 e. The molecule has 0 saturated carbocycles. The van der Waals surface area contributed by atoms with Crippen LogP contribution in [0.1, 0.15) is 33.8 Å². The Kier molecular flexibility index (Phi) is 21.9. The maximum atomic E-state index is 12.3. The van der Waals surface area contributed by atoms with Crippen LogP contribution in [0.2, 0.25) is 0 Å². The molecule has 0 bridgehead atoms. The number of benzene rings is 3. The fourth-order valence-corrected chi connectivity index (χ4v) is 5.51. The maximum absolute atomic E-state index is 12.3. The highest BCUT2D eigenvalue weighted by atomic mass is 16.6. The monoisotopic (exact) mass is 753 g/mol. The molecular weight excluding hydrogens is 698 g/mol. The number of carbonyl (C=O) groups excluding carboxylic acids is 2. The summed E-state index contributed by atoms with van der Waals surface area (Å²) in [6.45, 7) is 8.34. The molecule has 0 spiro atoms. The summed E-state index contributed by atoms with van der Waals surface area (Å²) in [5, 5.41) is 2.80. The van der Waals surface area contributed by atoms with Gasteiger partial charge in [0.15, 0.2) is 0 Å². The second kappa shape index (κ2) is 27.6. The second-order valence-corrected chi connectivity index (χ2v) is 12.0. The summed E-state index contributed by atoms with van der Waals surface area (Å²) < 4.78 is 54.6. The average Bonchev–Trinajstić information content (AvgIpc) is 3.53. The molecule has 4 rings (SSSR count). The first-order valence-corrected chi connectivity index (χ1v) is 18.7. The van der Waals surface area contributed by atoms with Crippen LogP contribution >= 0.6 is 0 Å². The number of amides is 1. The Hall–Kier alpha value is -3.92. The summed E-state index contributed by atoms with van der Waals surface area (Å²) in [7, 11) is 0. The molecule has 0 saturated heterocycles. The van der Waals surface area contributed by atoms with Crippen LogP contribution in [0.3, 0.4) is 0 Å². The van der Waals surface area contributed by atoms with E-state index in [1.165, 1.54) is 22.3 Å². The Bertz CT molecular complexity index is 1400. The van der Waals surface area contributed by atoms with Crippen LogP contribution in [0.25, 0.3) is 11.1 Å². The van der Waals surface area contributed by atoms with Crippen molar-refractivity contribution in [3.63, 3.8) is 0 Å². The van der Waals surface area contributed by atoms with Crippen molar-refractivity contribution in [2.24, 2.45) is 0 Å². The molecule has 0 radical (unpaired) electrons. The highest BCUT2D eigenvalue weighted by Gasteiger charge is 2.28. The molecule has 13 heteroatoms. The first-order chi connectivity index (χ1) is 26.7. The molecule has 3 aromatic rings. The van der Waals surface area contributed by atoms with Gasteiger partial charge in [0.1, 0.15) is 13.2 Å². The lowest BCUT2D eigenvalue weighted by molar-refractivity contribution is -0.0243. The molecule has 0 aliphatic heterocycles. The van der Waals surface area contributed by atoms with E-state index in [1.54, 1.807) is 24.3 Å². The summed E-state index contributed by atoms with van der Waals surface area (Å²) in [5.74, 6) is -0.313. The number of hydrogen-bond acceptors (Lipinski definition) is 12. The molecule has 13 nitrogen and oxygen atoms in total. The van der Waals surface area contributed by atoms with Crippen molar-refractivity contribution in [3.8, 4) is 11.1 Å². The topological polar surface area (TPSA) is 138 Å². The standard InChI is InChI=1S/C41H55NO12/c43-40(34-9-2-1-3-10-34)53-32-31-52-30-29-51-28-27-50-26-25-49-24-23-48-22-21-47-20-19-46-18-17-45-16-8-15-42-41(44)54-33-39-37-13-6-4-11-35(37)36-12-5-7-14-38(36)39/h1-7,9-14,39H,8,15-33H2,(H,42,44). The van der Waals surface area contributed by atoms with Crippen molar-refractivity contribution in [1.82, 2.24) is 5.32 Å². The third kappa shape index (κ3) is 17.0. The molecule has 0 heterocycles. The van der Waals surface area contributed by atoms with Crippen molar-refractivity contribution in [2.75, 3.05) is 125 Å². The Morgan fingerprint density at radius 3 is 1.30 bits per heavy atom. The zero-order valence-electron chi connectivity index (χ0n) is 31.1. The van der Waals surface area contributed by atoms with Gasteiger partial charge in [-0.05, 0) is 40.8 Å². The third-order valence-corrected chi connectivity index (χ3v) is 8.15. The molecule has 1 N–H and O–H groups in total. The van der Waals surface area contributed by atoms with Crippen molar-refractivity contribution in [2.45, 2.75) is 12.3 Å².